The summed E-state index contributed by atoms with van der Waals surface area (Å²) in [5.74, 6) is 0.0154. The Morgan fingerprint density at radius 2 is 2.05 bits per heavy atom. The smallest absolute Gasteiger partial charge is 0.230 e. The fraction of sp³-hybridized carbons (Fsp3) is 0.533. The molecule has 1 fully saturated rings. The van der Waals surface area contributed by atoms with Crippen LogP contribution in [0.3, 0.4) is 0 Å². The standard InChI is InChI=1S/C15H22N2O2/c1-4-13-12(5-6-19-13)15(18)17-14-9(2)7-11(16)8-10(14)3/h7-8,12-13H,4-6,16H2,1-3H3,(H,17,18). The number of benzene rings is 1. The zero-order valence-corrected chi connectivity index (χ0v) is 11.8. The summed E-state index contributed by atoms with van der Waals surface area (Å²) in [6.07, 6.45) is 1.73. The van der Waals surface area contributed by atoms with E-state index in [4.69, 9.17) is 10.5 Å². The first kappa shape index (κ1) is 13.9. The van der Waals surface area contributed by atoms with Gasteiger partial charge in [-0.05, 0) is 49.9 Å². The van der Waals surface area contributed by atoms with Gasteiger partial charge in [0.1, 0.15) is 0 Å². The molecule has 2 unspecified atom stereocenters. The molecule has 0 aliphatic carbocycles. The van der Waals surface area contributed by atoms with Gasteiger partial charge in [0.2, 0.25) is 5.91 Å². The summed E-state index contributed by atoms with van der Waals surface area (Å²) in [4.78, 5) is 12.4. The molecule has 0 bridgehead atoms. The molecule has 4 heteroatoms. The Bertz CT molecular complexity index is 462. The molecule has 0 saturated carbocycles. The van der Waals surface area contributed by atoms with Crippen molar-refractivity contribution in [3.8, 4) is 0 Å². The Hall–Kier alpha value is -1.55. The number of carbonyl (C=O) groups is 1. The SMILES string of the molecule is CCC1OCCC1C(=O)Nc1c(C)cc(N)cc1C. The predicted molar refractivity (Wildman–Crippen MR) is 77.1 cm³/mol. The maximum atomic E-state index is 12.4. The van der Waals surface area contributed by atoms with Gasteiger partial charge in [-0.25, -0.2) is 0 Å². The lowest BCUT2D eigenvalue weighted by molar-refractivity contribution is -0.121. The summed E-state index contributed by atoms with van der Waals surface area (Å²) < 4.78 is 5.57. The van der Waals surface area contributed by atoms with Gasteiger partial charge in [0.15, 0.2) is 0 Å². The number of anilines is 2. The van der Waals surface area contributed by atoms with E-state index in [1.165, 1.54) is 0 Å². The normalized spacial score (nSPS) is 22.5. The maximum Gasteiger partial charge on any atom is 0.230 e. The third-order valence-electron chi connectivity index (χ3n) is 3.75. The van der Waals surface area contributed by atoms with Crippen molar-refractivity contribution in [3.63, 3.8) is 0 Å². The van der Waals surface area contributed by atoms with Crippen LogP contribution in [0.15, 0.2) is 12.1 Å². The number of nitrogens with two attached hydrogens (primary N) is 1. The molecule has 19 heavy (non-hydrogen) atoms. The molecule has 0 spiro atoms. The highest BCUT2D eigenvalue weighted by atomic mass is 16.5. The van der Waals surface area contributed by atoms with Gasteiger partial charge in [-0.1, -0.05) is 6.92 Å². The van der Waals surface area contributed by atoms with Crippen molar-refractivity contribution in [1.82, 2.24) is 0 Å². The van der Waals surface area contributed by atoms with Gasteiger partial charge in [-0.3, -0.25) is 4.79 Å². The van der Waals surface area contributed by atoms with Crippen molar-refractivity contribution in [2.75, 3.05) is 17.7 Å². The van der Waals surface area contributed by atoms with Crippen LogP contribution in [0.25, 0.3) is 0 Å². The topological polar surface area (TPSA) is 64.3 Å². The maximum absolute atomic E-state index is 12.4. The molecular formula is C15H22N2O2. The first-order valence-electron chi connectivity index (χ1n) is 6.82. The molecular weight excluding hydrogens is 240 g/mol. The Morgan fingerprint density at radius 3 is 2.63 bits per heavy atom. The van der Waals surface area contributed by atoms with Gasteiger partial charge >= 0.3 is 0 Å². The molecule has 3 N–H and O–H groups in total. The van der Waals surface area contributed by atoms with Gasteiger partial charge in [-0.2, -0.15) is 0 Å². The number of carbonyl (C=O) groups excluding carboxylic acids is 1. The van der Waals surface area contributed by atoms with Crippen LogP contribution in [0.1, 0.15) is 30.9 Å². The molecule has 2 rings (SSSR count). The van der Waals surface area contributed by atoms with E-state index >= 15 is 0 Å². The zero-order chi connectivity index (χ0) is 14.0. The summed E-state index contributed by atoms with van der Waals surface area (Å²) in [6.45, 7) is 6.65. The molecule has 104 valence electrons. The van der Waals surface area contributed by atoms with Crippen LogP contribution < -0.4 is 11.1 Å². The molecule has 1 aromatic carbocycles. The Balaban J connectivity index is 2.15. The van der Waals surface area contributed by atoms with Gasteiger partial charge in [-0.15, -0.1) is 0 Å². The number of rotatable bonds is 3. The minimum absolute atomic E-state index is 0.0404. The quantitative estimate of drug-likeness (QED) is 0.823. The number of nitrogens with one attached hydrogen (secondary N) is 1. The predicted octanol–water partition coefficient (Wildman–Crippen LogP) is 2.64. The number of nitrogen functional groups attached to an aromatic ring is 1. The number of aryl methyl sites for hydroxylation is 2. The first-order chi connectivity index (χ1) is 9.02. The van der Waals surface area contributed by atoms with Gasteiger partial charge < -0.3 is 15.8 Å². The van der Waals surface area contributed by atoms with E-state index in [9.17, 15) is 4.79 Å². The average molecular weight is 262 g/mol. The van der Waals surface area contributed by atoms with Crippen molar-refractivity contribution < 1.29 is 9.53 Å². The summed E-state index contributed by atoms with van der Waals surface area (Å²) in [6, 6.07) is 3.76. The average Bonchev–Trinajstić information content (AvgIpc) is 2.81. The van der Waals surface area contributed by atoms with Crippen LogP contribution in [0.4, 0.5) is 11.4 Å². The van der Waals surface area contributed by atoms with E-state index in [0.717, 1.165) is 35.3 Å². The molecule has 2 atom stereocenters. The highest BCUT2D eigenvalue weighted by Crippen LogP contribution is 2.28. The van der Waals surface area contributed by atoms with Crippen LogP contribution in [0, 0.1) is 19.8 Å². The second-order valence-corrected chi connectivity index (χ2v) is 5.23. The third-order valence-corrected chi connectivity index (χ3v) is 3.75. The number of hydrogen-bond donors (Lipinski definition) is 2. The molecule has 0 aromatic heterocycles. The minimum Gasteiger partial charge on any atom is -0.399 e. The summed E-state index contributed by atoms with van der Waals surface area (Å²) in [7, 11) is 0. The van der Waals surface area contributed by atoms with Crippen molar-refractivity contribution in [2.45, 2.75) is 39.7 Å². The summed E-state index contributed by atoms with van der Waals surface area (Å²) >= 11 is 0. The first-order valence-corrected chi connectivity index (χ1v) is 6.82. The number of amides is 1. The highest BCUT2D eigenvalue weighted by molar-refractivity contribution is 5.94. The highest BCUT2D eigenvalue weighted by Gasteiger charge is 2.33. The Kier molecular flexibility index (Phi) is 4.10. The van der Waals surface area contributed by atoms with Gasteiger partial charge in [0, 0.05) is 18.0 Å². The molecule has 1 aromatic rings. The molecule has 0 radical (unpaired) electrons. The van der Waals surface area contributed by atoms with Crippen LogP contribution in [-0.4, -0.2) is 18.6 Å². The second-order valence-electron chi connectivity index (χ2n) is 5.23. The van der Waals surface area contributed by atoms with E-state index < -0.39 is 0 Å². The van der Waals surface area contributed by atoms with Crippen molar-refractivity contribution in [1.29, 1.82) is 0 Å². The third kappa shape index (κ3) is 2.89. The number of hydrogen-bond acceptors (Lipinski definition) is 3. The van der Waals surface area contributed by atoms with E-state index in [2.05, 4.69) is 12.2 Å². The summed E-state index contributed by atoms with van der Waals surface area (Å²) in [5, 5.41) is 3.04. The lowest BCUT2D eigenvalue weighted by atomic mass is 9.98. The van der Waals surface area contributed by atoms with Crippen LogP contribution >= 0.6 is 0 Å². The lowest BCUT2D eigenvalue weighted by Gasteiger charge is -2.19. The largest absolute Gasteiger partial charge is 0.399 e. The molecule has 1 heterocycles. The molecule has 4 nitrogen and oxygen atoms in total. The Morgan fingerprint density at radius 1 is 1.42 bits per heavy atom. The second kappa shape index (κ2) is 5.61. The van der Waals surface area contributed by atoms with E-state index in [-0.39, 0.29) is 17.9 Å². The van der Waals surface area contributed by atoms with Crippen molar-refractivity contribution in [2.24, 2.45) is 5.92 Å². The van der Waals surface area contributed by atoms with Gasteiger partial charge in [0.05, 0.1) is 12.0 Å². The molecule has 1 amide bonds. The lowest BCUT2D eigenvalue weighted by Crippen LogP contribution is -2.29. The van der Waals surface area contributed by atoms with Crippen molar-refractivity contribution >= 4 is 17.3 Å². The minimum atomic E-state index is -0.0404. The molecule has 1 aliphatic rings. The van der Waals surface area contributed by atoms with E-state index in [1.807, 2.05) is 26.0 Å². The van der Waals surface area contributed by atoms with Crippen LogP contribution in [0.2, 0.25) is 0 Å². The number of ether oxygens (including phenoxy) is 1. The molecule has 1 aliphatic heterocycles. The fourth-order valence-electron chi connectivity index (χ4n) is 2.76. The van der Waals surface area contributed by atoms with E-state index in [0.29, 0.717) is 6.61 Å². The fourth-order valence-corrected chi connectivity index (χ4v) is 2.76. The van der Waals surface area contributed by atoms with E-state index in [1.54, 1.807) is 0 Å². The molecule has 1 saturated heterocycles. The summed E-state index contributed by atoms with van der Waals surface area (Å²) in [5.41, 5.74) is 9.39. The van der Waals surface area contributed by atoms with Crippen LogP contribution in [0.5, 0.6) is 0 Å². The van der Waals surface area contributed by atoms with Gasteiger partial charge in [0.25, 0.3) is 0 Å². The Labute approximate surface area is 114 Å². The van der Waals surface area contributed by atoms with Crippen LogP contribution in [-0.2, 0) is 9.53 Å². The monoisotopic (exact) mass is 262 g/mol. The zero-order valence-electron chi connectivity index (χ0n) is 11.8. The van der Waals surface area contributed by atoms with Crippen molar-refractivity contribution in [3.05, 3.63) is 23.3 Å².